The van der Waals surface area contributed by atoms with Gasteiger partial charge in [-0.15, -0.1) is 0 Å². The summed E-state index contributed by atoms with van der Waals surface area (Å²) in [5.41, 5.74) is 9.01. The number of fused-ring (bicyclic) bond motifs is 1. The highest BCUT2D eigenvalue weighted by Crippen LogP contribution is 2.40. The predicted molar refractivity (Wildman–Crippen MR) is 98.0 cm³/mol. The minimum atomic E-state index is -0.211. The molecule has 5 nitrogen and oxygen atoms in total. The highest BCUT2D eigenvalue weighted by atomic mass is 16.6. The molecule has 2 aromatic rings. The first-order chi connectivity index (χ1) is 11.9. The number of hydrogen-bond donors (Lipinski definition) is 2. The lowest BCUT2D eigenvalue weighted by atomic mass is 9.94. The largest absolute Gasteiger partial charge is 0.486 e. The molecule has 0 atom stereocenters. The van der Waals surface area contributed by atoms with Gasteiger partial charge in [-0.2, -0.15) is 0 Å². The molecule has 0 aliphatic carbocycles. The smallest absolute Gasteiger partial charge is 0.266 e. The molecule has 0 saturated heterocycles. The molecule has 0 aromatic heterocycles. The van der Waals surface area contributed by atoms with Gasteiger partial charge < -0.3 is 9.47 Å². The molecule has 1 aliphatic heterocycles. The van der Waals surface area contributed by atoms with Crippen LogP contribution in [0.2, 0.25) is 0 Å². The van der Waals surface area contributed by atoms with Crippen LogP contribution in [-0.4, -0.2) is 24.7 Å². The quantitative estimate of drug-likeness (QED) is 0.840. The fourth-order valence-electron chi connectivity index (χ4n) is 2.77. The topological polar surface area (TPSA) is 59.6 Å². The van der Waals surface area contributed by atoms with Gasteiger partial charge in [0.2, 0.25) is 0 Å². The van der Waals surface area contributed by atoms with Gasteiger partial charge in [0.15, 0.2) is 11.5 Å². The average Bonchev–Trinajstić information content (AvgIpc) is 2.60. The van der Waals surface area contributed by atoms with Crippen LogP contribution in [0.1, 0.15) is 36.7 Å². The summed E-state index contributed by atoms with van der Waals surface area (Å²) < 4.78 is 11.4. The number of amides is 1. The summed E-state index contributed by atoms with van der Waals surface area (Å²) in [7, 11) is 0. The summed E-state index contributed by atoms with van der Waals surface area (Å²) in [5.74, 6) is 1.34. The molecule has 0 radical (unpaired) electrons. The summed E-state index contributed by atoms with van der Waals surface area (Å²) in [4.78, 5) is 12.7. The van der Waals surface area contributed by atoms with Gasteiger partial charge in [0, 0.05) is 16.7 Å². The number of carbonyl (C=O) groups excluding carboxylic acids is 1. The van der Waals surface area contributed by atoms with Crippen molar-refractivity contribution in [1.82, 2.24) is 10.9 Å². The normalized spacial score (nSPS) is 13.4. The molecule has 0 fully saturated rings. The first-order valence-corrected chi connectivity index (χ1v) is 8.43. The zero-order valence-corrected chi connectivity index (χ0v) is 15.1. The van der Waals surface area contributed by atoms with Gasteiger partial charge in [0.25, 0.3) is 5.91 Å². The van der Waals surface area contributed by atoms with E-state index in [1.807, 2.05) is 64.1 Å². The molecule has 2 N–H and O–H groups in total. The summed E-state index contributed by atoms with van der Waals surface area (Å²) >= 11 is 0. The maximum Gasteiger partial charge on any atom is 0.266 e. The van der Waals surface area contributed by atoms with E-state index in [0.29, 0.717) is 18.8 Å². The summed E-state index contributed by atoms with van der Waals surface area (Å²) in [6, 6.07) is 11.4. The molecule has 0 saturated carbocycles. The van der Waals surface area contributed by atoms with E-state index < -0.39 is 0 Å². The third-order valence-corrected chi connectivity index (χ3v) is 3.97. The van der Waals surface area contributed by atoms with Crippen molar-refractivity contribution >= 4 is 5.91 Å². The molecule has 2 aromatic carbocycles. The summed E-state index contributed by atoms with van der Waals surface area (Å²) in [5, 5.41) is 0. The molecule has 0 unspecified atom stereocenters. The van der Waals surface area contributed by atoms with Crippen molar-refractivity contribution in [3.8, 4) is 22.6 Å². The molecule has 1 aliphatic rings. The number of benzene rings is 2. The standard InChI is InChI=1S/C20H24N2O3/c1-13-14(9-10-17-18(13)25-12-11-24-17)15-7-5-6-8-16(15)19(23)21-22-20(2,3)4/h5-10,22H,11-12H2,1-4H3,(H,21,23). The number of carbonyl (C=O) groups is 1. The Labute approximate surface area is 148 Å². The van der Waals surface area contributed by atoms with Gasteiger partial charge in [0.1, 0.15) is 13.2 Å². The Hall–Kier alpha value is -2.53. The number of rotatable bonds is 3. The maximum atomic E-state index is 12.7. The highest BCUT2D eigenvalue weighted by molar-refractivity contribution is 6.01. The first-order valence-electron chi connectivity index (χ1n) is 8.43. The van der Waals surface area contributed by atoms with Gasteiger partial charge in [-0.25, -0.2) is 5.43 Å². The SMILES string of the molecule is Cc1c(-c2ccccc2C(=O)NNC(C)(C)C)ccc2c1OCCO2. The molecular weight excluding hydrogens is 316 g/mol. The number of hydrogen-bond acceptors (Lipinski definition) is 4. The van der Waals surface area contributed by atoms with E-state index >= 15 is 0 Å². The molecule has 3 rings (SSSR count). The van der Waals surface area contributed by atoms with E-state index in [1.165, 1.54) is 0 Å². The molecule has 1 amide bonds. The molecular formula is C20H24N2O3. The Morgan fingerprint density at radius 1 is 1.00 bits per heavy atom. The van der Waals surface area contributed by atoms with Crippen LogP contribution in [0.15, 0.2) is 36.4 Å². The van der Waals surface area contributed by atoms with Crippen molar-refractivity contribution < 1.29 is 14.3 Å². The maximum absolute atomic E-state index is 12.7. The lowest BCUT2D eigenvalue weighted by molar-refractivity contribution is 0.0915. The fourth-order valence-corrected chi connectivity index (χ4v) is 2.77. The monoisotopic (exact) mass is 340 g/mol. The van der Waals surface area contributed by atoms with E-state index in [2.05, 4.69) is 10.9 Å². The van der Waals surface area contributed by atoms with Crippen LogP contribution in [0, 0.1) is 6.92 Å². The van der Waals surface area contributed by atoms with Crippen molar-refractivity contribution in [2.75, 3.05) is 13.2 Å². The summed E-state index contributed by atoms with van der Waals surface area (Å²) in [6.45, 7) is 9.06. The second-order valence-corrected chi connectivity index (χ2v) is 7.14. The van der Waals surface area contributed by atoms with E-state index in [0.717, 1.165) is 28.2 Å². The van der Waals surface area contributed by atoms with Crippen molar-refractivity contribution in [2.24, 2.45) is 0 Å². The van der Waals surface area contributed by atoms with Gasteiger partial charge in [0.05, 0.1) is 0 Å². The first kappa shape index (κ1) is 17.3. The van der Waals surface area contributed by atoms with Gasteiger partial charge in [-0.3, -0.25) is 10.2 Å². The lowest BCUT2D eigenvalue weighted by Crippen LogP contribution is -2.48. The van der Waals surface area contributed by atoms with Crippen LogP contribution in [0.5, 0.6) is 11.5 Å². The van der Waals surface area contributed by atoms with E-state index in [1.54, 1.807) is 0 Å². The Bertz CT molecular complexity index is 794. The zero-order valence-electron chi connectivity index (χ0n) is 15.1. The van der Waals surface area contributed by atoms with Gasteiger partial charge >= 0.3 is 0 Å². The van der Waals surface area contributed by atoms with Crippen LogP contribution in [0.4, 0.5) is 0 Å². The van der Waals surface area contributed by atoms with Crippen LogP contribution >= 0.6 is 0 Å². The second-order valence-electron chi connectivity index (χ2n) is 7.14. The van der Waals surface area contributed by atoms with Crippen molar-refractivity contribution in [2.45, 2.75) is 33.2 Å². The van der Waals surface area contributed by atoms with Crippen molar-refractivity contribution in [1.29, 1.82) is 0 Å². The highest BCUT2D eigenvalue weighted by Gasteiger charge is 2.21. The molecule has 25 heavy (non-hydrogen) atoms. The fraction of sp³-hybridized carbons (Fsp3) is 0.350. The van der Waals surface area contributed by atoms with Crippen LogP contribution in [0.25, 0.3) is 11.1 Å². The minimum Gasteiger partial charge on any atom is -0.486 e. The van der Waals surface area contributed by atoms with Crippen LogP contribution in [-0.2, 0) is 0 Å². The van der Waals surface area contributed by atoms with Crippen LogP contribution in [0.3, 0.4) is 0 Å². The van der Waals surface area contributed by atoms with Crippen LogP contribution < -0.4 is 20.3 Å². The zero-order chi connectivity index (χ0) is 18.0. The Kier molecular flexibility index (Phi) is 4.68. The van der Waals surface area contributed by atoms with Crippen molar-refractivity contribution in [3.05, 3.63) is 47.5 Å². The molecule has 5 heteroatoms. The number of hydrazine groups is 1. The van der Waals surface area contributed by atoms with Crippen molar-refractivity contribution in [3.63, 3.8) is 0 Å². The minimum absolute atomic E-state index is 0.167. The Balaban J connectivity index is 1.98. The van der Waals surface area contributed by atoms with E-state index in [9.17, 15) is 4.79 Å². The molecule has 0 spiro atoms. The molecule has 1 heterocycles. The number of ether oxygens (including phenoxy) is 2. The third-order valence-electron chi connectivity index (χ3n) is 3.97. The van der Waals surface area contributed by atoms with Gasteiger partial charge in [-0.1, -0.05) is 24.3 Å². The Morgan fingerprint density at radius 2 is 1.72 bits per heavy atom. The predicted octanol–water partition coefficient (Wildman–Crippen LogP) is 3.47. The summed E-state index contributed by atoms with van der Waals surface area (Å²) in [6.07, 6.45) is 0. The Morgan fingerprint density at radius 3 is 2.48 bits per heavy atom. The van der Waals surface area contributed by atoms with E-state index in [4.69, 9.17) is 9.47 Å². The molecule has 132 valence electrons. The van der Waals surface area contributed by atoms with E-state index in [-0.39, 0.29) is 11.4 Å². The number of nitrogens with one attached hydrogen (secondary N) is 2. The average molecular weight is 340 g/mol. The third kappa shape index (κ3) is 3.77. The second kappa shape index (κ2) is 6.76. The molecule has 0 bridgehead atoms. The van der Waals surface area contributed by atoms with Gasteiger partial charge in [-0.05, 0) is 51.0 Å². The lowest BCUT2D eigenvalue weighted by Gasteiger charge is -2.23.